The molecule has 0 aliphatic rings. The maximum atomic E-state index is 4.96. The third-order valence-electron chi connectivity index (χ3n) is 5.44. The molecular weight excluding hydrogens is 368 g/mol. The van der Waals surface area contributed by atoms with Crippen LogP contribution in [0.1, 0.15) is 41.6 Å². The quantitative estimate of drug-likeness (QED) is 0.430. The van der Waals surface area contributed by atoms with Crippen molar-refractivity contribution in [1.29, 1.82) is 0 Å². The Morgan fingerprint density at radius 2 is 1.70 bits per heavy atom. The average molecular weight is 397 g/mol. The molecule has 2 aromatic carbocycles. The normalized spacial score (nSPS) is 12.1. The molecule has 0 radical (unpaired) electrons. The van der Waals surface area contributed by atoms with Gasteiger partial charge in [-0.25, -0.2) is 4.68 Å². The lowest BCUT2D eigenvalue weighted by Crippen LogP contribution is -2.20. The number of nitrogens with zero attached hydrogens (tertiary/aromatic N) is 3. The summed E-state index contributed by atoms with van der Waals surface area (Å²) in [6.45, 7) is 7.17. The van der Waals surface area contributed by atoms with Crippen LogP contribution in [0.2, 0.25) is 0 Å². The van der Waals surface area contributed by atoms with Crippen LogP contribution in [0.15, 0.2) is 79.3 Å². The lowest BCUT2D eigenvalue weighted by molar-refractivity contribution is 0.519. The molecule has 0 fully saturated rings. The Hall–Kier alpha value is -3.24. The zero-order valence-electron chi connectivity index (χ0n) is 17.8. The summed E-state index contributed by atoms with van der Waals surface area (Å²) in [7, 11) is 0. The van der Waals surface area contributed by atoms with Gasteiger partial charge in [-0.3, -0.25) is 4.98 Å². The van der Waals surface area contributed by atoms with Crippen molar-refractivity contribution in [2.45, 2.75) is 39.8 Å². The Balaban J connectivity index is 1.67. The molecule has 4 rings (SSSR count). The molecule has 1 N–H and O–H groups in total. The highest BCUT2D eigenvalue weighted by molar-refractivity contribution is 5.64. The van der Waals surface area contributed by atoms with Gasteiger partial charge < -0.3 is 5.32 Å². The first-order chi connectivity index (χ1) is 14.6. The van der Waals surface area contributed by atoms with Gasteiger partial charge in [-0.1, -0.05) is 48.4 Å². The van der Waals surface area contributed by atoms with Gasteiger partial charge in [0.1, 0.15) is 0 Å². The van der Waals surface area contributed by atoms with Crippen molar-refractivity contribution in [3.63, 3.8) is 0 Å². The van der Waals surface area contributed by atoms with Crippen molar-refractivity contribution in [2.75, 3.05) is 0 Å². The topological polar surface area (TPSA) is 42.7 Å². The number of aromatic nitrogens is 3. The molecule has 0 aliphatic carbocycles. The zero-order valence-corrected chi connectivity index (χ0v) is 17.8. The van der Waals surface area contributed by atoms with Crippen molar-refractivity contribution >= 4 is 0 Å². The third-order valence-corrected chi connectivity index (χ3v) is 5.44. The Morgan fingerprint density at radius 3 is 2.40 bits per heavy atom. The summed E-state index contributed by atoms with van der Waals surface area (Å²) in [6, 6.07) is 21.5. The molecule has 4 heteroatoms. The smallest absolute Gasteiger partial charge is 0.0972 e. The fourth-order valence-corrected chi connectivity index (χ4v) is 3.73. The lowest BCUT2D eigenvalue weighted by atomic mass is 10.0. The molecule has 0 aliphatic heterocycles. The van der Waals surface area contributed by atoms with E-state index >= 15 is 0 Å². The Labute approximate surface area is 178 Å². The minimum atomic E-state index is 0.279. The van der Waals surface area contributed by atoms with Crippen LogP contribution < -0.4 is 5.32 Å². The first kappa shape index (κ1) is 20.0. The van der Waals surface area contributed by atoms with Gasteiger partial charge in [0.25, 0.3) is 0 Å². The molecule has 0 amide bonds. The number of aryl methyl sites for hydroxylation is 2. The van der Waals surface area contributed by atoms with Gasteiger partial charge in [0.15, 0.2) is 0 Å². The van der Waals surface area contributed by atoms with E-state index in [-0.39, 0.29) is 6.04 Å². The summed E-state index contributed by atoms with van der Waals surface area (Å²) < 4.78 is 1.99. The van der Waals surface area contributed by atoms with Gasteiger partial charge in [-0.2, -0.15) is 5.10 Å². The van der Waals surface area contributed by atoms with E-state index in [2.05, 4.69) is 97.9 Å². The number of hydrogen-bond donors (Lipinski definition) is 1. The van der Waals surface area contributed by atoms with E-state index in [1.165, 1.54) is 22.3 Å². The number of pyridine rings is 1. The molecule has 152 valence electrons. The molecule has 1 unspecified atom stereocenters. The zero-order chi connectivity index (χ0) is 20.9. The second kappa shape index (κ2) is 9.06. The van der Waals surface area contributed by atoms with Crippen molar-refractivity contribution in [3.8, 4) is 16.9 Å². The van der Waals surface area contributed by atoms with Crippen LogP contribution in [0.3, 0.4) is 0 Å². The van der Waals surface area contributed by atoms with Crippen LogP contribution >= 0.6 is 0 Å². The maximum Gasteiger partial charge on any atom is 0.0972 e. The van der Waals surface area contributed by atoms with Crippen LogP contribution in [-0.4, -0.2) is 14.8 Å². The minimum Gasteiger partial charge on any atom is -0.306 e. The summed E-state index contributed by atoms with van der Waals surface area (Å²) in [5.74, 6) is 0. The largest absolute Gasteiger partial charge is 0.306 e. The SMILES string of the molecule is CCC(NCc1cn(-c2ccc(C)cc2)nc1-c1cccc(C)c1)c1ccncc1. The Kier molecular flexibility index (Phi) is 6.05. The van der Waals surface area contributed by atoms with Gasteiger partial charge in [0.2, 0.25) is 0 Å². The standard InChI is InChI=1S/C26H28N4/c1-4-25(21-12-14-27-15-13-21)28-17-23-18-30(24-10-8-19(2)9-11-24)29-26(23)22-7-5-6-20(3)16-22/h5-16,18,25,28H,4,17H2,1-3H3. The number of hydrogen-bond acceptors (Lipinski definition) is 3. The predicted octanol–water partition coefficient (Wildman–Crippen LogP) is 5.79. The molecule has 0 bridgehead atoms. The van der Waals surface area contributed by atoms with E-state index in [0.29, 0.717) is 0 Å². The average Bonchev–Trinajstić information content (AvgIpc) is 3.20. The van der Waals surface area contributed by atoms with Crippen molar-refractivity contribution in [1.82, 2.24) is 20.1 Å². The fourth-order valence-electron chi connectivity index (χ4n) is 3.73. The monoisotopic (exact) mass is 396 g/mol. The van der Waals surface area contributed by atoms with Crippen LogP contribution in [0.25, 0.3) is 16.9 Å². The number of rotatable bonds is 7. The molecule has 0 spiro atoms. The highest BCUT2D eigenvalue weighted by Gasteiger charge is 2.15. The van der Waals surface area contributed by atoms with Crippen molar-refractivity contribution in [3.05, 3.63) is 102 Å². The van der Waals surface area contributed by atoms with Gasteiger partial charge in [0, 0.05) is 42.3 Å². The van der Waals surface area contributed by atoms with Crippen LogP contribution in [-0.2, 0) is 6.54 Å². The maximum absolute atomic E-state index is 4.96. The molecule has 2 aromatic heterocycles. The van der Waals surface area contributed by atoms with E-state index in [1.807, 2.05) is 17.1 Å². The molecule has 0 saturated heterocycles. The third kappa shape index (κ3) is 4.50. The molecule has 2 heterocycles. The van der Waals surface area contributed by atoms with Crippen molar-refractivity contribution < 1.29 is 0 Å². The highest BCUT2D eigenvalue weighted by atomic mass is 15.3. The number of nitrogens with one attached hydrogen (secondary N) is 1. The summed E-state index contributed by atoms with van der Waals surface area (Å²) in [6.07, 6.45) is 6.87. The van der Waals surface area contributed by atoms with Gasteiger partial charge in [-0.15, -0.1) is 0 Å². The molecule has 1 atom stereocenters. The highest BCUT2D eigenvalue weighted by Crippen LogP contribution is 2.26. The molecule has 4 nitrogen and oxygen atoms in total. The fraction of sp³-hybridized carbons (Fsp3) is 0.231. The van der Waals surface area contributed by atoms with E-state index in [1.54, 1.807) is 0 Å². The lowest BCUT2D eigenvalue weighted by Gasteiger charge is -2.17. The van der Waals surface area contributed by atoms with Gasteiger partial charge in [0.05, 0.1) is 11.4 Å². The Morgan fingerprint density at radius 1 is 0.933 bits per heavy atom. The second-order valence-electron chi connectivity index (χ2n) is 7.77. The van der Waals surface area contributed by atoms with E-state index in [9.17, 15) is 0 Å². The summed E-state index contributed by atoms with van der Waals surface area (Å²) in [5.41, 5.74) is 8.17. The first-order valence-electron chi connectivity index (χ1n) is 10.5. The Bertz CT molecular complexity index is 1100. The van der Waals surface area contributed by atoms with Crippen LogP contribution in [0.4, 0.5) is 0 Å². The number of benzene rings is 2. The van der Waals surface area contributed by atoms with Gasteiger partial charge in [-0.05, 0) is 56.2 Å². The van der Waals surface area contributed by atoms with E-state index in [4.69, 9.17) is 5.10 Å². The summed E-state index contributed by atoms with van der Waals surface area (Å²) in [5, 5.41) is 8.68. The van der Waals surface area contributed by atoms with Crippen molar-refractivity contribution in [2.24, 2.45) is 0 Å². The minimum absolute atomic E-state index is 0.279. The molecule has 0 saturated carbocycles. The van der Waals surface area contributed by atoms with E-state index in [0.717, 1.165) is 29.9 Å². The summed E-state index contributed by atoms with van der Waals surface area (Å²) >= 11 is 0. The second-order valence-corrected chi connectivity index (χ2v) is 7.77. The first-order valence-corrected chi connectivity index (χ1v) is 10.5. The van der Waals surface area contributed by atoms with Gasteiger partial charge >= 0.3 is 0 Å². The molecule has 4 aromatic rings. The molecular formula is C26H28N4. The predicted molar refractivity (Wildman–Crippen MR) is 123 cm³/mol. The summed E-state index contributed by atoms with van der Waals surface area (Å²) in [4.78, 5) is 4.14. The van der Waals surface area contributed by atoms with Crippen LogP contribution in [0.5, 0.6) is 0 Å². The van der Waals surface area contributed by atoms with Crippen LogP contribution in [0, 0.1) is 13.8 Å². The van der Waals surface area contributed by atoms with E-state index < -0.39 is 0 Å². The molecule has 30 heavy (non-hydrogen) atoms.